The first-order valence-corrected chi connectivity index (χ1v) is 9.30. The highest BCUT2D eigenvalue weighted by molar-refractivity contribution is 7.99. The quantitative estimate of drug-likeness (QED) is 0.805. The Morgan fingerprint density at radius 3 is 2.89 bits per heavy atom. The van der Waals surface area contributed by atoms with Gasteiger partial charge in [0.05, 0.1) is 0 Å². The normalized spacial score (nSPS) is 18.9. The molecule has 1 saturated heterocycles. The molecule has 2 rings (SSSR count). The van der Waals surface area contributed by atoms with Crippen molar-refractivity contribution in [2.45, 2.75) is 45.1 Å². The lowest BCUT2D eigenvalue weighted by atomic mass is 9.91. The predicted molar refractivity (Wildman–Crippen MR) is 84.8 cm³/mol. The molecule has 1 nitrogen and oxygen atoms in total. The van der Waals surface area contributed by atoms with E-state index in [4.69, 9.17) is 0 Å². The van der Waals surface area contributed by atoms with Gasteiger partial charge in [0, 0.05) is 6.04 Å². The maximum atomic E-state index is 3.69. The zero-order valence-corrected chi connectivity index (χ0v) is 13.0. The Morgan fingerprint density at radius 1 is 1.39 bits per heavy atom. The molecule has 1 aliphatic heterocycles. The fourth-order valence-corrected chi connectivity index (χ4v) is 4.66. The van der Waals surface area contributed by atoms with E-state index in [0.29, 0.717) is 0 Å². The predicted octanol–water partition coefficient (Wildman–Crippen LogP) is 4.19. The molecule has 0 spiro atoms. The number of hydrogen-bond acceptors (Lipinski definition) is 3. The number of hydrogen-bond donors (Lipinski definition) is 1. The summed E-state index contributed by atoms with van der Waals surface area (Å²) in [4.78, 5) is 0. The Kier molecular flexibility index (Phi) is 6.60. The van der Waals surface area contributed by atoms with Gasteiger partial charge < -0.3 is 5.32 Å². The van der Waals surface area contributed by atoms with E-state index >= 15 is 0 Å². The standard InChI is InChI=1S/C15H25NS2/c1-2-16-15(4-3-14-7-10-18-12-14)11-13-5-8-17-9-6-13/h7,10,12-13,15-16H,2-6,8-9,11H2,1H3. The van der Waals surface area contributed by atoms with E-state index in [-0.39, 0.29) is 0 Å². The molecule has 2 heterocycles. The van der Waals surface area contributed by atoms with Crippen molar-refractivity contribution in [3.05, 3.63) is 22.4 Å². The van der Waals surface area contributed by atoms with Gasteiger partial charge in [-0.05, 0) is 78.5 Å². The van der Waals surface area contributed by atoms with Gasteiger partial charge in [-0.25, -0.2) is 0 Å². The summed E-state index contributed by atoms with van der Waals surface area (Å²) in [6.45, 7) is 3.34. The molecule has 1 unspecified atom stereocenters. The van der Waals surface area contributed by atoms with Crippen molar-refractivity contribution in [2.75, 3.05) is 18.1 Å². The number of aryl methyl sites for hydroxylation is 1. The number of rotatable bonds is 7. The lowest BCUT2D eigenvalue weighted by Gasteiger charge is -2.26. The first kappa shape index (κ1) is 14.4. The summed E-state index contributed by atoms with van der Waals surface area (Å²) >= 11 is 3.95. The minimum absolute atomic E-state index is 0.725. The van der Waals surface area contributed by atoms with Gasteiger partial charge in [0.25, 0.3) is 0 Å². The van der Waals surface area contributed by atoms with Gasteiger partial charge in [-0.15, -0.1) is 0 Å². The summed E-state index contributed by atoms with van der Waals surface area (Å²) in [5.41, 5.74) is 1.52. The fourth-order valence-electron chi connectivity index (χ4n) is 2.75. The largest absolute Gasteiger partial charge is 0.314 e. The summed E-state index contributed by atoms with van der Waals surface area (Å²) in [6, 6.07) is 2.99. The molecule has 1 atom stereocenters. The Balaban J connectivity index is 1.75. The lowest BCUT2D eigenvalue weighted by Crippen LogP contribution is -2.32. The third-order valence-electron chi connectivity index (χ3n) is 3.81. The number of nitrogens with one attached hydrogen (secondary N) is 1. The highest BCUT2D eigenvalue weighted by Gasteiger charge is 2.18. The average Bonchev–Trinajstić information content (AvgIpc) is 2.91. The van der Waals surface area contributed by atoms with Crippen molar-refractivity contribution in [3.8, 4) is 0 Å². The maximum Gasteiger partial charge on any atom is 0.00727 e. The number of thioether (sulfide) groups is 1. The average molecular weight is 284 g/mol. The van der Waals surface area contributed by atoms with Crippen LogP contribution < -0.4 is 5.32 Å². The highest BCUT2D eigenvalue weighted by Crippen LogP contribution is 2.27. The van der Waals surface area contributed by atoms with E-state index in [0.717, 1.165) is 18.5 Å². The van der Waals surface area contributed by atoms with Crippen LogP contribution in [0.15, 0.2) is 16.8 Å². The molecule has 1 aliphatic rings. The van der Waals surface area contributed by atoms with E-state index in [9.17, 15) is 0 Å². The van der Waals surface area contributed by atoms with Gasteiger partial charge in [-0.1, -0.05) is 6.92 Å². The molecule has 3 heteroatoms. The lowest BCUT2D eigenvalue weighted by molar-refractivity contribution is 0.355. The van der Waals surface area contributed by atoms with E-state index in [2.05, 4.69) is 40.8 Å². The van der Waals surface area contributed by atoms with E-state index in [1.807, 2.05) is 11.3 Å². The van der Waals surface area contributed by atoms with Crippen LogP contribution in [-0.2, 0) is 6.42 Å². The minimum Gasteiger partial charge on any atom is -0.314 e. The zero-order chi connectivity index (χ0) is 12.6. The van der Waals surface area contributed by atoms with Crippen LogP contribution in [0.5, 0.6) is 0 Å². The molecule has 0 aromatic carbocycles. The van der Waals surface area contributed by atoms with Gasteiger partial charge >= 0.3 is 0 Å². The second-order valence-electron chi connectivity index (χ2n) is 5.22. The summed E-state index contributed by atoms with van der Waals surface area (Å²) < 4.78 is 0. The molecule has 0 saturated carbocycles. The summed E-state index contributed by atoms with van der Waals surface area (Å²) in [5, 5.41) is 8.17. The van der Waals surface area contributed by atoms with Crippen LogP contribution >= 0.6 is 23.1 Å². The topological polar surface area (TPSA) is 12.0 Å². The van der Waals surface area contributed by atoms with Crippen molar-refractivity contribution < 1.29 is 0 Å². The second-order valence-corrected chi connectivity index (χ2v) is 7.22. The smallest absolute Gasteiger partial charge is 0.00727 e. The molecule has 18 heavy (non-hydrogen) atoms. The SMILES string of the molecule is CCNC(CCc1ccsc1)CC1CCSCC1. The van der Waals surface area contributed by atoms with E-state index < -0.39 is 0 Å². The van der Waals surface area contributed by atoms with Crippen LogP contribution in [0.4, 0.5) is 0 Å². The first-order chi connectivity index (χ1) is 8.88. The zero-order valence-electron chi connectivity index (χ0n) is 11.4. The summed E-state index contributed by atoms with van der Waals surface area (Å²) in [5.74, 6) is 3.74. The van der Waals surface area contributed by atoms with Crippen molar-refractivity contribution in [3.63, 3.8) is 0 Å². The molecule has 1 N–H and O–H groups in total. The monoisotopic (exact) mass is 283 g/mol. The Bertz CT molecular complexity index is 304. The molecule has 0 aliphatic carbocycles. The number of thiophene rings is 1. The third-order valence-corrected chi connectivity index (χ3v) is 5.59. The highest BCUT2D eigenvalue weighted by atomic mass is 32.2. The molecule has 0 bridgehead atoms. The molecular formula is C15H25NS2. The molecule has 0 radical (unpaired) electrons. The molecule has 1 fully saturated rings. The van der Waals surface area contributed by atoms with Crippen molar-refractivity contribution in [1.29, 1.82) is 0 Å². The molecule has 0 amide bonds. The van der Waals surface area contributed by atoms with Gasteiger partial charge in [0.1, 0.15) is 0 Å². The maximum absolute atomic E-state index is 3.69. The van der Waals surface area contributed by atoms with Crippen LogP contribution in [0.2, 0.25) is 0 Å². The Hall–Kier alpha value is 0.01000. The van der Waals surface area contributed by atoms with Gasteiger partial charge in [0.2, 0.25) is 0 Å². The first-order valence-electron chi connectivity index (χ1n) is 7.20. The van der Waals surface area contributed by atoms with Crippen LogP contribution in [-0.4, -0.2) is 24.1 Å². The van der Waals surface area contributed by atoms with Crippen molar-refractivity contribution in [1.82, 2.24) is 5.32 Å². The Morgan fingerprint density at radius 2 is 2.22 bits per heavy atom. The van der Waals surface area contributed by atoms with Crippen LogP contribution in [0.25, 0.3) is 0 Å². The van der Waals surface area contributed by atoms with Gasteiger partial charge in [-0.2, -0.15) is 23.1 Å². The molecule has 1 aromatic rings. The summed E-state index contributed by atoms with van der Waals surface area (Å²) in [7, 11) is 0. The van der Waals surface area contributed by atoms with Gasteiger partial charge in [0.15, 0.2) is 0 Å². The molecule has 102 valence electrons. The fraction of sp³-hybridized carbons (Fsp3) is 0.733. The summed E-state index contributed by atoms with van der Waals surface area (Å²) in [6.07, 6.45) is 6.80. The van der Waals surface area contributed by atoms with Crippen LogP contribution in [0.1, 0.15) is 38.2 Å². The third kappa shape index (κ3) is 4.94. The molecular weight excluding hydrogens is 258 g/mol. The Labute approximate surface area is 120 Å². The molecule has 1 aromatic heterocycles. The van der Waals surface area contributed by atoms with Crippen molar-refractivity contribution >= 4 is 23.1 Å². The van der Waals surface area contributed by atoms with Crippen molar-refractivity contribution in [2.24, 2.45) is 5.92 Å². The van der Waals surface area contributed by atoms with Gasteiger partial charge in [-0.3, -0.25) is 0 Å². The van der Waals surface area contributed by atoms with Crippen LogP contribution in [0.3, 0.4) is 0 Å². The second kappa shape index (κ2) is 8.23. The minimum atomic E-state index is 0.725. The van der Waals surface area contributed by atoms with E-state index in [1.54, 1.807) is 0 Å². The van der Waals surface area contributed by atoms with Crippen LogP contribution in [0, 0.1) is 5.92 Å². The van der Waals surface area contributed by atoms with E-state index in [1.165, 1.54) is 49.2 Å².